The normalized spacial score (nSPS) is 10.6. The summed E-state index contributed by atoms with van der Waals surface area (Å²) in [5.74, 6) is 0. The molecule has 3 heteroatoms. The molecule has 0 aliphatic heterocycles. The Morgan fingerprint density at radius 2 is 2.00 bits per heavy atom. The van der Waals surface area contributed by atoms with Crippen LogP contribution in [0.25, 0.3) is 11.0 Å². The Hall–Kier alpha value is -1.77. The highest BCUT2D eigenvalue weighted by atomic mass is 16.4. The van der Waals surface area contributed by atoms with E-state index in [-0.39, 0.29) is 5.63 Å². The van der Waals surface area contributed by atoms with E-state index < -0.39 is 0 Å². The van der Waals surface area contributed by atoms with Gasteiger partial charge in [0.15, 0.2) is 0 Å². The van der Waals surface area contributed by atoms with Crippen molar-refractivity contribution in [2.75, 3.05) is 5.73 Å². The molecule has 0 aliphatic carbocycles. The molecule has 0 aliphatic rings. The van der Waals surface area contributed by atoms with Gasteiger partial charge in [0.05, 0.1) is 0 Å². The van der Waals surface area contributed by atoms with Crippen LogP contribution in [-0.4, -0.2) is 0 Å². The van der Waals surface area contributed by atoms with Gasteiger partial charge >= 0.3 is 5.63 Å². The lowest BCUT2D eigenvalue weighted by Gasteiger charge is -2.05. The van der Waals surface area contributed by atoms with Gasteiger partial charge in [0.2, 0.25) is 0 Å². The van der Waals surface area contributed by atoms with Gasteiger partial charge in [-0.2, -0.15) is 0 Å². The number of nitrogens with two attached hydrogens (primary N) is 1. The average Bonchev–Trinajstić information content (AvgIpc) is 2.17. The van der Waals surface area contributed by atoms with E-state index in [0.717, 1.165) is 17.4 Å². The van der Waals surface area contributed by atoms with Crippen molar-refractivity contribution in [2.24, 2.45) is 0 Å². The molecule has 1 heterocycles. The molecule has 0 fully saturated rings. The first kappa shape index (κ1) is 8.81. The van der Waals surface area contributed by atoms with Crippen LogP contribution < -0.4 is 11.4 Å². The Morgan fingerprint density at radius 3 is 2.71 bits per heavy atom. The third-order valence-electron chi connectivity index (χ3n) is 2.28. The summed E-state index contributed by atoms with van der Waals surface area (Å²) in [4.78, 5) is 11.1. The number of nitrogen functional groups attached to an aromatic ring is 1. The lowest BCUT2D eigenvalue weighted by molar-refractivity contribution is 0.557. The van der Waals surface area contributed by atoms with Gasteiger partial charge in [-0.3, -0.25) is 0 Å². The molecule has 0 saturated carbocycles. The second-order valence-electron chi connectivity index (χ2n) is 3.16. The lowest BCUT2D eigenvalue weighted by Crippen LogP contribution is -1.99. The maximum atomic E-state index is 11.1. The van der Waals surface area contributed by atoms with Crippen molar-refractivity contribution in [2.45, 2.75) is 13.3 Å². The molecule has 72 valence electrons. The van der Waals surface area contributed by atoms with Gasteiger partial charge in [0.25, 0.3) is 0 Å². The number of fused-ring (bicyclic) bond motifs is 1. The molecule has 2 aromatic rings. The van der Waals surface area contributed by atoms with Crippen LogP contribution in [0.15, 0.2) is 33.5 Å². The van der Waals surface area contributed by atoms with Crippen LogP contribution in [0.4, 0.5) is 5.69 Å². The summed E-state index contributed by atoms with van der Waals surface area (Å²) >= 11 is 0. The Labute approximate surface area is 81.1 Å². The van der Waals surface area contributed by atoms with Gasteiger partial charge in [-0.25, -0.2) is 4.79 Å². The van der Waals surface area contributed by atoms with E-state index in [2.05, 4.69) is 0 Å². The summed E-state index contributed by atoms with van der Waals surface area (Å²) in [6.45, 7) is 1.98. The first-order valence-electron chi connectivity index (χ1n) is 4.53. The van der Waals surface area contributed by atoms with E-state index >= 15 is 0 Å². The third-order valence-corrected chi connectivity index (χ3v) is 2.28. The quantitative estimate of drug-likeness (QED) is 0.551. The lowest BCUT2D eigenvalue weighted by atomic mass is 10.1. The van der Waals surface area contributed by atoms with E-state index in [9.17, 15) is 4.79 Å². The summed E-state index contributed by atoms with van der Waals surface area (Å²) in [7, 11) is 0. The molecule has 0 atom stereocenters. The van der Waals surface area contributed by atoms with Crippen molar-refractivity contribution in [3.8, 4) is 0 Å². The topological polar surface area (TPSA) is 56.2 Å². The summed E-state index contributed by atoms with van der Waals surface area (Å²) in [6, 6.07) is 6.85. The van der Waals surface area contributed by atoms with Crippen molar-refractivity contribution >= 4 is 16.7 Å². The molecule has 3 nitrogen and oxygen atoms in total. The summed E-state index contributed by atoms with van der Waals surface area (Å²) in [5, 5.41) is 0.913. The summed E-state index contributed by atoms with van der Waals surface area (Å²) in [5.41, 5.74) is 7.64. The van der Waals surface area contributed by atoms with Crippen molar-refractivity contribution < 1.29 is 4.42 Å². The molecule has 1 aromatic carbocycles. The van der Waals surface area contributed by atoms with Crippen LogP contribution in [0.2, 0.25) is 0 Å². The van der Waals surface area contributed by atoms with Crippen molar-refractivity contribution in [1.82, 2.24) is 0 Å². The van der Waals surface area contributed by atoms with Crippen molar-refractivity contribution in [3.05, 3.63) is 40.2 Å². The van der Waals surface area contributed by atoms with Gasteiger partial charge in [-0.15, -0.1) is 0 Å². The average molecular weight is 189 g/mol. The molecule has 0 unspecified atom stereocenters. The Morgan fingerprint density at radius 1 is 1.29 bits per heavy atom. The standard InChI is InChI=1S/C11H11NO2/c1-2-8-9(12)5-3-7-4-6-10(13)14-11(7)8/h3-6H,2,12H2,1H3. The van der Waals surface area contributed by atoms with Crippen LogP contribution >= 0.6 is 0 Å². The van der Waals surface area contributed by atoms with E-state index in [1.54, 1.807) is 6.07 Å². The number of benzene rings is 1. The fourth-order valence-corrected chi connectivity index (χ4v) is 1.57. The second-order valence-corrected chi connectivity index (χ2v) is 3.16. The molecule has 14 heavy (non-hydrogen) atoms. The predicted molar refractivity (Wildman–Crippen MR) is 56.3 cm³/mol. The minimum Gasteiger partial charge on any atom is -0.422 e. The minimum absolute atomic E-state index is 0.335. The predicted octanol–water partition coefficient (Wildman–Crippen LogP) is 1.94. The number of rotatable bonds is 1. The highest BCUT2D eigenvalue weighted by Gasteiger charge is 2.05. The van der Waals surface area contributed by atoms with Gasteiger partial charge in [-0.1, -0.05) is 6.92 Å². The van der Waals surface area contributed by atoms with Crippen LogP contribution in [0.1, 0.15) is 12.5 Å². The second kappa shape index (κ2) is 3.18. The molecule has 0 spiro atoms. The first-order valence-corrected chi connectivity index (χ1v) is 4.53. The number of hydrogen-bond acceptors (Lipinski definition) is 3. The van der Waals surface area contributed by atoms with Crippen LogP contribution in [-0.2, 0) is 6.42 Å². The Bertz CT molecular complexity index is 528. The molecule has 0 radical (unpaired) electrons. The zero-order chi connectivity index (χ0) is 10.1. The number of hydrogen-bond donors (Lipinski definition) is 1. The third kappa shape index (κ3) is 1.27. The SMILES string of the molecule is CCc1c(N)ccc2ccc(=O)oc12. The van der Waals surface area contributed by atoms with Crippen LogP contribution in [0.5, 0.6) is 0 Å². The van der Waals surface area contributed by atoms with E-state index in [1.165, 1.54) is 6.07 Å². The summed E-state index contributed by atoms with van der Waals surface area (Å²) in [6.07, 6.45) is 0.760. The summed E-state index contributed by atoms with van der Waals surface area (Å²) < 4.78 is 5.13. The van der Waals surface area contributed by atoms with Gasteiger partial charge < -0.3 is 10.2 Å². The largest absolute Gasteiger partial charge is 0.422 e. The molecular weight excluding hydrogens is 178 g/mol. The zero-order valence-electron chi connectivity index (χ0n) is 7.91. The Balaban J connectivity index is 2.91. The van der Waals surface area contributed by atoms with Crippen molar-refractivity contribution in [3.63, 3.8) is 0 Å². The number of anilines is 1. The van der Waals surface area contributed by atoms with E-state index in [1.807, 2.05) is 19.1 Å². The molecule has 2 N–H and O–H groups in total. The molecular formula is C11H11NO2. The van der Waals surface area contributed by atoms with Gasteiger partial charge in [0.1, 0.15) is 5.58 Å². The maximum Gasteiger partial charge on any atom is 0.336 e. The maximum absolute atomic E-state index is 11.1. The first-order chi connectivity index (χ1) is 6.72. The smallest absolute Gasteiger partial charge is 0.336 e. The van der Waals surface area contributed by atoms with Gasteiger partial charge in [-0.05, 0) is 24.6 Å². The molecule has 0 amide bonds. The van der Waals surface area contributed by atoms with E-state index in [0.29, 0.717) is 11.3 Å². The monoisotopic (exact) mass is 189 g/mol. The highest BCUT2D eigenvalue weighted by Crippen LogP contribution is 2.23. The molecule has 0 bridgehead atoms. The molecule has 0 saturated heterocycles. The van der Waals surface area contributed by atoms with Crippen LogP contribution in [0, 0.1) is 0 Å². The Kier molecular flexibility index (Phi) is 2.00. The van der Waals surface area contributed by atoms with Gasteiger partial charge in [0, 0.05) is 22.7 Å². The fraction of sp³-hybridized carbons (Fsp3) is 0.182. The van der Waals surface area contributed by atoms with Crippen molar-refractivity contribution in [1.29, 1.82) is 0 Å². The molecule has 2 rings (SSSR count). The van der Waals surface area contributed by atoms with Crippen LogP contribution in [0.3, 0.4) is 0 Å². The van der Waals surface area contributed by atoms with E-state index in [4.69, 9.17) is 10.2 Å². The number of aryl methyl sites for hydroxylation is 1. The fourth-order valence-electron chi connectivity index (χ4n) is 1.57. The minimum atomic E-state index is -0.335. The zero-order valence-corrected chi connectivity index (χ0v) is 7.91. The molecule has 1 aromatic heterocycles. The highest BCUT2D eigenvalue weighted by molar-refractivity contribution is 5.84.